The predicted octanol–water partition coefficient (Wildman–Crippen LogP) is 4.27. The standard InChI is InChI=1S/C21H22N4O/c1-14-9-15(2)20(16(3)10-14)25-21(26)18-11-19(24-13-23-18)22-12-17-7-5-4-6-8-17/h4-11,13H,12H2,1-3H3,(H,25,26)(H,22,23,24). The van der Waals surface area contributed by atoms with Gasteiger partial charge in [0.25, 0.3) is 5.91 Å². The summed E-state index contributed by atoms with van der Waals surface area (Å²) >= 11 is 0. The number of anilines is 2. The number of hydrogen-bond donors (Lipinski definition) is 2. The van der Waals surface area contributed by atoms with Crippen molar-refractivity contribution in [1.82, 2.24) is 9.97 Å². The Morgan fingerprint density at radius 1 is 0.962 bits per heavy atom. The maximum atomic E-state index is 12.6. The molecule has 0 unspecified atom stereocenters. The lowest BCUT2D eigenvalue weighted by atomic mass is 10.0. The number of rotatable bonds is 5. The van der Waals surface area contributed by atoms with E-state index in [9.17, 15) is 4.79 Å². The first-order valence-corrected chi connectivity index (χ1v) is 8.52. The highest BCUT2D eigenvalue weighted by Gasteiger charge is 2.12. The van der Waals surface area contributed by atoms with Crippen molar-refractivity contribution in [3.8, 4) is 0 Å². The molecule has 2 aromatic carbocycles. The van der Waals surface area contributed by atoms with Crippen LogP contribution in [0.25, 0.3) is 0 Å². The second-order valence-corrected chi connectivity index (χ2v) is 6.36. The molecule has 0 fully saturated rings. The first kappa shape index (κ1) is 17.6. The van der Waals surface area contributed by atoms with Crippen molar-refractivity contribution in [1.29, 1.82) is 0 Å². The molecule has 0 bridgehead atoms. The van der Waals surface area contributed by atoms with E-state index in [4.69, 9.17) is 0 Å². The molecule has 3 aromatic rings. The minimum Gasteiger partial charge on any atom is -0.366 e. The van der Waals surface area contributed by atoms with Gasteiger partial charge in [0.15, 0.2) is 0 Å². The number of benzene rings is 2. The Balaban J connectivity index is 1.72. The first-order chi connectivity index (χ1) is 12.5. The lowest BCUT2D eigenvalue weighted by Gasteiger charge is -2.13. The quantitative estimate of drug-likeness (QED) is 0.724. The summed E-state index contributed by atoms with van der Waals surface area (Å²) < 4.78 is 0. The third-order valence-electron chi connectivity index (χ3n) is 4.13. The van der Waals surface area contributed by atoms with Crippen molar-refractivity contribution in [2.75, 3.05) is 10.6 Å². The van der Waals surface area contributed by atoms with Crippen LogP contribution in [-0.4, -0.2) is 15.9 Å². The van der Waals surface area contributed by atoms with Crippen molar-refractivity contribution in [2.24, 2.45) is 0 Å². The fraction of sp³-hybridized carbons (Fsp3) is 0.190. The molecule has 26 heavy (non-hydrogen) atoms. The van der Waals surface area contributed by atoms with E-state index in [0.29, 0.717) is 18.1 Å². The average molecular weight is 346 g/mol. The van der Waals surface area contributed by atoms with E-state index in [0.717, 1.165) is 22.4 Å². The molecule has 0 aliphatic carbocycles. The van der Waals surface area contributed by atoms with Gasteiger partial charge in [-0.15, -0.1) is 0 Å². The number of hydrogen-bond acceptors (Lipinski definition) is 4. The van der Waals surface area contributed by atoms with Crippen LogP contribution in [0.4, 0.5) is 11.5 Å². The summed E-state index contributed by atoms with van der Waals surface area (Å²) in [5.74, 6) is 0.372. The van der Waals surface area contributed by atoms with Gasteiger partial charge in [0.2, 0.25) is 0 Å². The summed E-state index contributed by atoms with van der Waals surface area (Å²) in [4.78, 5) is 20.9. The molecule has 0 aliphatic rings. The molecule has 5 heteroatoms. The summed E-state index contributed by atoms with van der Waals surface area (Å²) in [7, 11) is 0. The molecule has 5 nitrogen and oxygen atoms in total. The Labute approximate surface area is 153 Å². The molecule has 0 spiro atoms. The molecule has 2 N–H and O–H groups in total. The highest BCUT2D eigenvalue weighted by molar-refractivity contribution is 6.04. The molecule has 3 rings (SSSR count). The fourth-order valence-corrected chi connectivity index (χ4v) is 2.92. The average Bonchev–Trinajstić information content (AvgIpc) is 2.64. The van der Waals surface area contributed by atoms with Crippen LogP contribution < -0.4 is 10.6 Å². The van der Waals surface area contributed by atoms with Crippen LogP contribution in [0, 0.1) is 20.8 Å². The number of aromatic nitrogens is 2. The molecule has 0 atom stereocenters. The molecule has 1 amide bonds. The Bertz CT molecular complexity index is 899. The topological polar surface area (TPSA) is 66.9 Å². The van der Waals surface area contributed by atoms with Gasteiger partial charge in [-0.1, -0.05) is 48.0 Å². The molecule has 0 aliphatic heterocycles. The molecule has 0 saturated carbocycles. The molecular formula is C21H22N4O. The highest BCUT2D eigenvalue weighted by Crippen LogP contribution is 2.22. The first-order valence-electron chi connectivity index (χ1n) is 8.52. The van der Waals surface area contributed by atoms with Crippen LogP contribution in [0.5, 0.6) is 0 Å². The van der Waals surface area contributed by atoms with E-state index < -0.39 is 0 Å². The van der Waals surface area contributed by atoms with Crippen LogP contribution in [0.2, 0.25) is 0 Å². The zero-order valence-electron chi connectivity index (χ0n) is 15.2. The van der Waals surface area contributed by atoms with E-state index in [1.807, 2.05) is 51.1 Å². The second-order valence-electron chi connectivity index (χ2n) is 6.36. The van der Waals surface area contributed by atoms with Gasteiger partial charge >= 0.3 is 0 Å². The van der Waals surface area contributed by atoms with Crippen molar-refractivity contribution < 1.29 is 4.79 Å². The van der Waals surface area contributed by atoms with Gasteiger partial charge in [0.05, 0.1) is 0 Å². The van der Waals surface area contributed by atoms with Gasteiger partial charge in [-0.05, 0) is 37.5 Å². The zero-order valence-corrected chi connectivity index (χ0v) is 15.2. The van der Waals surface area contributed by atoms with Gasteiger partial charge < -0.3 is 10.6 Å². The number of aryl methyl sites for hydroxylation is 3. The minimum absolute atomic E-state index is 0.245. The van der Waals surface area contributed by atoms with E-state index in [2.05, 4.69) is 32.7 Å². The number of nitrogens with zero attached hydrogens (tertiary/aromatic N) is 2. The maximum absolute atomic E-state index is 12.6. The number of carbonyl (C=O) groups is 1. The largest absolute Gasteiger partial charge is 0.366 e. The number of amides is 1. The van der Waals surface area contributed by atoms with Gasteiger partial charge in [-0.3, -0.25) is 4.79 Å². The van der Waals surface area contributed by atoms with E-state index in [-0.39, 0.29) is 5.91 Å². The zero-order chi connectivity index (χ0) is 18.5. The predicted molar refractivity (Wildman–Crippen MR) is 104 cm³/mol. The van der Waals surface area contributed by atoms with Crippen LogP contribution in [0.15, 0.2) is 54.9 Å². The fourth-order valence-electron chi connectivity index (χ4n) is 2.92. The Morgan fingerprint density at radius 2 is 1.65 bits per heavy atom. The van der Waals surface area contributed by atoms with E-state index in [1.54, 1.807) is 6.07 Å². The SMILES string of the molecule is Cc1cc(C)c(NC(=O)c2cc(NCc3ccccc3)ncn2)c(C)c1. The summed E-state index contributed by atoms with van der Waals surface area (Å²) in [6.45, 7) is 6.65. The summed E-state index contributed by atoms with van der Waals surface area (Å²) in [6, 6.07) is 15.8. The van der Waals surface area contributed by atoms with Gasteiger partial charge in [0.1, 0.15) is 17.8 Å². The van der Waals surface area contributed by atoms with E-state index >= 15 is 0 Å². The number of nitrogens with one attached hydrogen (secondary N) is 2. The lowest BCUT2D eigenvalue weighted by Crippen LogP contribution is -2.16. The third-order valence-corrected chi connectivity index (χ3v) is 4.13. The van der Waals surface area contributed by atoms with Gasteiger partial charge in [0, 0.05) is 18.3 Å². The minimum atomic E-state index is -0.245. The van der Waals surface area contributed by atoms with Crippen LogP contribution in [-0.2, 0) is 6.54 Å². The van der Waals surface area contributed by atoms with Crippen molar-refractivity contribution in [3.05, 3.63) is 82.8 Å². The van der Waals surface area contributed by atoms with Crippen molar-refractivity contribution in [3.63, 3.8) is 0 Å². The van der Waals surface area contributed by atoms with E-state index in [1.165, 1.54) is 11.9 Å². The Morgan fingerprint density at radius 3 is 2.35 bits per heavy atom. The molecule has 1 aromatic heterocycles. The second kappa shape index (κ2) is 7.78. The molecular weight excluding hydrogens is 324 g/mol. The van der Waals surface area contributed by atoms with Crippen LogP contribution >= 0.6 is 0 Å². The Hall–Kier alpha value is -3.21. The summed E-state index contributed by atoms with van der Waals surface area (Å²) in [5.41, 5.74) is 5.54. The smallest absolute Gasteiger partial charge is 0.274 e. The summed E-state index contributed by atoms with van der Waals surface area (Å²) in [6.07, 6.45) is 1.40. The highest BCUT2D eigenvalue weighted by atomic mass is 16.1. The van der Waals surface area contributed by atoms with Gasteiger partial charge in [-0.25, -0.2) is 9.97 Å². The van der Waals surface area contributed by atoms with Crippen LogP contribution in [0.1, 0.15) is 32.7 Å². The Kier molecular flexibility index (Phi) is 5.27. The molecule has 1 heterocycles. The third kappa shape index (κ3) is 4.25. The molecule has 0 radical (unpaired) electrons. The lowest BCUT2D eigenvalue weighted by molar-refractivity contribution is 0.102. The molecule has 132 valence electrons. The maximum Gasteiger partial charge on any atom is 0.274 e. The summed E-state index contributed by atoms with van der Waals surface area (Å²) in [5, 5.41) is 6.19. The monoisotopic (exact) mass is 346 g/mol. The number of carbonyl (C=O) groups excluding carboxylic acids is 1. The van der Waals surface area contributed by atoms with Crippen molar-refractivity contribution >= 4 is 17.4 Å². The normalized spacial score (nSPS) is 10.4. The van der Waals surface area contributed by atoms with Crippen molar-refractivity contribution in [2.45, 2.75) is 27.3 Å². The molecule has 0 saturated heterocycles. The van der Waals surface area contributed by atoms with Crippen LogP contribution in [0.3, 0.4) is 0 Å². The van der Waals surface area contributed by atoms with Gasteiger partial charge in [-0.2, -0.15) is 0 Å².